The molecule has 1 aromatic carbocycles. The zero-order valence-electron chi connectivity index (χ0n) is 12.7. The molecule has 114 valence electrons. The molecule has 0 aliphatic rings. The fourth-order valence-electron chi connectivity index (χ4n) is 1.92. The van der Waals surface area contributed by atoms with E-state index < -0.39 is 0 Å². The van der Waals surface area contributed by atoms with Crippen LogP contribution in [-0.4, -0.2) is 13.2 Å². The first-order valence-electron chi connectivity index (χ1n) is 7.43. The average molecular weight is 305 g/mol. The molecule has 21 heavy (non-hydrogen) atoms. The lowest BCUT2D eigenvalue weighted by molar-refractivity contribution is 0.292. The number of hydrogen-bond donors (Lipinski definition) is 1. The number of hydrogen-bond acceptors (Lipinski definition) is 4. The van der Waals surface area contributed by atoms with E-state index >= 15 is 0 Å². The van der Waals surface area contributed by atoms with E-state index in [1.165, 1.54) is 5.56 Å². The molecule has 0 saturated heterocycles. The van der Waals surface area contributed by atoms with E-state index in [0.717, 1.165) is 43.2 Å². The van der Waals surface area contributed by atoms with Crippen LogP contribution in [-0.2, 0) is 13.2 Å². The van der Waals surface area contributed by atoms with Gasteiger partial charge >= 0.3 is 0 Å². The zero-order valence-corrected chi connectivity index (χ0v) is 13.5. The molecule has 2 rings (SSSR count). The van der Waals surface area contributed by atoms with Crippen molar-refractivity contribution in [1.82, 2.24) is 5.32 Å². The largest absolute Gasteiger partial charge is 0.493 e. The molecular weight excluding hydrogens is 282 g/mol. The van der Waals surface area contributed by atoms with Crippen molar-refractivity contribution in [3.8, 4) is 11.5 Å². The first-order chi connectivity index (χ1) is 10.3. The van der Waals surface area contributed by atoms with Gasteiger partial charge in [0, 0.05) is 18.2 Å². The summed E-state index contributed by atoms with van der Waals surface area (Å²) in [4.78, 5) is 0. The van der Waals surface area contributed by atoms with Crippen LogP contribution in [0.15, 0.2) is 35.0 Å². The molecule has 0 bridgehead atoms. The minimum atomic E-state index is 0.597. The third kappa shape index (κ3) is 5.06. The SMILES string of the molecule is CCCOc1ccc(CNCC)c(OCc2ccsc2)c1. The maximum absolute atomic E-state index is 5.99. The Morgan fingerprint density at radius 1 is 1.14 bits per heavy atom. The molecule has 0 aliphatic heterocycles. The third-order valence-corrected chi connectivity index (χ3v) is 3.78. The molecule has 1 aromatic heterocycles. The lowest BCUT2D eigenvalue weighted by atomic mass is 10.2. The highest BCUT2D eigenvalue weighted by Gasteiger charge is 2.07. The van der Waals surface area contributed by atoms with Crippen LogP contribution in [0, 0.1) is 0 Å². The first kappa shape index (κ1) is 15.9. The van der Waals surface area contributed by atoms with Crippen LogP contribution in [0.3, 0.4) is 0 Å². The summed E-state index contributed by atoms with van der Waals surface area (Å²) in [6.07, 6.45) is 1.00. The summed E-state index contributed by atoms with van der Waals surface area (Å²) in [6, 6.07) is 8.18. The lowest BCUT2D eigenvalue weighted by Gasteiger charge is -2.14. The molecule has 0 saturated carbocycles. The van der Waals surface area contributed by atoms with Gasteiger partial charge in [-0.1, -0.05) is 19.9 Å². The van der Waals surface area contributed by atoms with E-state index in [2.05, 4.69) is 42.1 Å². The van der Waals surface area contributed by atoms with Gasteiger partial charge in [-0.05, 0) is 41.4 Å². The summed E-state index contributed by atoms with van der Waals surface area (Å²) < 4.78 is 11.7. The quantitative estimate of drug-likeness (QED) is 0.752. The number of nitrogens with one attached hydrogen (secondary N) is 1. The second-order valence-corrected chi connectivity index (χ2v) is 5.60. The smallest absolute Gasteiger partial charge is 0.127 e. The standard InChI is InChI=1S/C17H23NO2S/c1-3-8-19-16-6-5-15(11-18-4-2)17(10-16)20-12-14-7-9-21-13-14/h5-7,9-10,13,18H,3-4,8,11-12H2,1-2H3. The van der Waals surface area contributed by atoms with E-state index in [0.29, 0.717) is 6.61 Å². The Bertz CT molecular complexity index is 526. The highest BCUT2D eigenvalue weighted by molar-refractivity contribution is 7.07. The molecule has 0 spiro atoms. The predicted octanol–water partition coefficient (Wildman–Crippen LogP) is 4.23. The van der Waals surface area contributed by atoms with Crippen molar-refractivity contribution in [3.05, 3.63) is 46.2 Å². The Morgan fingerprint density at radius 2 is 2.05 bits per heavy atom. The molecule has 1 heterocycles. The van der Waals surface area contributed by atoms with Gasteiger partial charge in [-0.3, -0.25) is 0 Å². The zero-order chi connectivity index (χ0) is 14.9. The second-order valence-electron chi connectivity index (χ2n) is 4.82. The van der Waals surface area contributed by atoms with E-state index in [-0.39, 0.29) is 0 Å². The van der Waals surface area contributed by atoms with Crippen molar-refractivity contribution in [2.24, 2.45) is 0 Å². The van der Waals surface area contributed by atoms with Crippen molar-refractivity contribution in [2.75, 3.05) is 13.2 Å². The summed E-state index contributed by atoms with van der Waals surface area (Å²) in [5.74, 6) is 1.77. The van der Waals surface area contributed by atoms with Crippen molar-refractivity contribution >= 4 is 11.3 Å². The Morgan fingerprint density at radius 3 is 2.76 bits per heavy atom. The highest BCUT2D eigenvalue weighted by Crippen LogP contribution is 2.26. The molecular formula is C17H23NO2S. The van der Waals surface area contributed by atoms with Gasteiger partial charge in [-0.15, -0.1) is 0 Å². The monoisotopic (exact) mass is 305 g/mol. The lowest BCUT2D eigenvalue weighted by Crippen LogP contribution is -2.13. The van der Waals surface area contributed by atoms with Gasteiger partial charge in [0.15, 0.2) is 0 Å². The summed E-state index contributed by atoms with van der Waals surface area (Å²) in [5.41, 5.74) is 2.37. The first-order valence-corrected chi connectivity index (χ1v) is 8.38. The van der Waals surface area contributed by atoms with Crippen LogP contribution in [0.25, 0.3) is 0 Å². The van der Waals surface area contributed by atoms with Gasteiger partial charge in [-0.25, -0.2) is 0 Å². The normalized spacial score (nSPS) is 10.6. The topological polar surface area (TPSA) is 30.5 Å². The van der Waals surface area contributed by atoms with Crippen LogP contribution in [0.2, 0.25) is 0 Å². The van der Waals surface area contributed by atoms with Crippen molar-refractivity contribution < 1.29 is 9.47 Å². The molecule has 2 aromatic rings. The number of ether oxygens (including phenoxy) is 2. The van der Waals surface area contributed by atoms with Gasteiger partial charge in [0.2, 0.25) is 0 Å². The number of benzene rings is 1. The van der Waals surface area contributed by atoms with Crippen LogP contribution >= 0.6 is 11.3 Å². The minimum Gasteiger partial charge on any atom is -0.493 e. The highest BCUT2D eigenvalue weighted by atomic mass is 32.1. The molecule has 0 radical (unpaired) electrons. The molecule has 4 heteroatoms. The molecule has 0 aliphatic carbocycles. The van der Waals surface area contributed by atoms with Gasteiger partial charge in [-0.2, -0.15) is 11.3 Å². The maximum atomic E-state index is 5.99. The van der Waals surface area contributed by atoms with Crippen molar-refractivity contribution in [1.29, 1.82) is 0 Å². The Labute approximate surface area is 130 Å². The summed E-state index contributed by atoms with van der Waals surface area (Å²) in [7, 11) is 0. The predicted molar refractivity (Wildman–Crippen MR) is 88.3 cm³/mol. The van der Waals surface area contributed by atoms with Crippen LogP contribution < -0.4 is 14.8 Å². The van der Waals surface area contributed by atoms with Crippen LogP contribution in [0.5, 0.6) is 11.5 Å². The average Bonchev–Trinajstić information content (AvgIpc) is 3.03. The third-order valence-electron chi connectivity index (χ3n) is 3.05. The minimum absolute atomic E-state index is 0.597. The van der Waals surface area contributed by atoms with Crippen molar-refractivity contribution in [2.45, 2.75) is 33.4 Å². The number of thiophene rings is 1. The van der Waals surface area contributed by atoms with E-state index in [4.69, 9.17) is 9.47 Å². The summed E-state index contributed by atoms with van der Waals surface area (Å²) in [5, 5.41) is 7.52. The van der Waals surface area contributed by atoms with Crippen LogP contribution in [0.1, 0.15) is 31.4 Å². The Balaban J connectivity index is 2.08. The molecule has 0 unspecified atom stereocenters. The Hall–Kier alpha value is -1.52. The van der Waals surface area contributed by atoms with E-state index in [1.807, 2.05) is 12.1 Å². The van der Waals surface area contributed by atoms with Crippen LogP contribution in [0.4, 0.5) is 0 Å². The van der Waals surface area contributed by atoms with Gasteiger partial charge < -0.3 is 14.8 Å². The van der Waals surface area contributed by atoms with Gasteiger partial charge in [0.05, 0.1) is 6.61 Å². The molecule has 3 nitrogen and oxygen atoms in total. The fourth-order valence-corrected chi connectivity index (χ4v) is 2.57. The fraction of sp³-hybridized carbons (Fsp3) is 0.412. The van der Waals surface area contributed by atoms with E-state index in [1.54, 1.807) is 11.3 Å². The van der Waals surface area contributed by atoms with Gasteiger partial charge in [0.1, 0.15) is 18.1 Å². The van der Waals surface area contributed by atoms with Gasteiger partial charge in [0.25, 0.3) is 0 Å². The molecule has 1 N–H and O–H groups in total. The van der Waals surface area contributed by atoms with E-state index in [9.17, 15) is 0 Å². The maximum Gasteiger partial charge on any atom is 0.127 e. The number of rotatable bonds is 9. The Kier molecular flexibility index (Phi) is 6.57. The summed E-state index contributed by atoms with van der Waals surface area (Å²) in [6.45, 7) is 7.29. The second kappa shape index (κ2) is 8.70. The molecule has 0 amide bonds. The molecule has 0 fully saturated rings. The van der Waals surface area contributed by atoms with Crippen molar-refractivity contribution in [3.63, 3.8) is 0 Å². The molecule has 0 atom stereocenters. The summed E-state index contributed by atoms with van der Waals surface area (Å²) >= 11 is 1.69.